The van der Waals surface area contributed by atoms with E-state index in [1.165, 1.54) is 5.56 Å². The van der Waals surface area contributed by atoms with Crippen LogP contribution in [0.2, 0.25) is 0 Å². The first kappa shape index (κ1) is 19.4. The molecule has 5 heteroatoms. The molecule has 0 amide bonds. The molecule has 1 heterocycles. The number of nitrogens with zero attached hydrogens (tertiary/aromatic N) is 2. The highest BCUT2D eigenvalue weighted by Gasteiger charge is 2.10. The van der Waals surface area contributed by atoms with Crippen LogP contribution in [0, 0.1) is 3.57 Å². The molecule has 4 rings (SSSR count). The van der Waals surface area contributed by atoms with Gasteiger partial charge in [-0.25, -0.2) is 4.98 Å². The van der Waals surface area contributed by atoms with Crippen molar-refractivity contribution in [2.75, 3.05) is 0 Å². The molecule has 0 radical (unpaired) electrons. The van der Waals surface area contributed by atoms with E-state index in [0.29, 0.717) is 23.3 Å². The Hall–Kier alpha value is -2.93. The average molecular weight is 494 g/mol. The van der Waals surface area contributed by atoms with Crippen LogP contribution in [0.5, 0.6) is 5.75 Å². The smallest absolute Gasteiger partial charge is 0.261 e. The summed E-state index contributed by atoms with van der Waals surface area (Å²) >= 11 is 2.21. The van der Waals surface area contributed by atoms with Crippen LogP contribution in [0.15, 0.2) is 77.6 Å². The summed E-state index contributed by atoms with van der Waals surface area (Å²) in [5.41, 5.74) is 2.76. The molecule has 4 nitrogen and oxygen atoms in total. The van der Waals surface area contributed by atoms with Crippen molar-refractivity contribution in [2.45, 2.75) is 13.0 Å². The maximum atomic E-state index is 13.2. The number of aromatic nitrogens is 2. The molecular weight excluding hydrogens is 475 g/mol. The zero-order chi connectivity index (χ0) is 20.2. The number of benzene rings is 3. The third-order valence-corrected chi connectivity index (χ3v) is 5.40. The molecule has 0 atom stereocenters. The van der Waals surface area contributed by atoms with Gasteiger partial charge in [-0.15, -0.1) is 0 Å². The Morgan fingerprint density at radius 2 is 1.72 bits per heavy atom. The second-order valence-corrected chi connectivity index (χ2v) is 7.99. The molecule has 1 aromatic heterocycles. The summed E-state index contributed by atoms with van der Waals surface area (Å²) in [7, 11) is 0. The molecule has 1 N–H and O–H groups in total. The lowest BCUT2D eigenvalue weighted by Crippen LogP contribution is -2.25. The van der Waals surface area contributed by atoms with Crippen molar-refractivity contribution in [3.8, 4) is 5.75 Å². The first-order valence-corrected chi connectivity index (χ1v) is 10.4. The minimum Gasteiger partial charge on any atom is -0.508 e. The second kappa shape index (κ2) is 8.61. The summed E-state index contributed by atoms with van der Waals surface area (Å²) in [5, 5.41) is 10.1. The number of phenols is 1. The molecule has 144 valence electrons. The third kappa shape index (κ3) is 4.56. The number of aromatic hydroxyl groups is 1. The molecule has 0 saturated heterocycles. The van der Waals surface area contributed by atoms with Crippen LogP contribution < -0.4 is 5.56 Å². The van der Waals surface area contributed by atoms with Crippen LogP contribution in [0.25, 0.3) is 23.1 Å². The van der Waals surface area contributed by atoms with Gasteiger partial charge in [0.15, 0.2) is 0 Å². The van der Waals surface area contributed by atoms with E-state index >= 15 is 0 Å². The molecular formula is C24H19IN2O2. The number of aryl methyl sites for hydroxylation is 1. The van der Waals surface area contributed by atoms with Crippen LogP contribution in [0.3, 0.4) is 0 Å². The van der Waals surface area contributed by atoms with E-state index in [-0.39, 0.29) is 11.3 Å². The first-order chi connectivity index (χ1) is 14.1. The summed E-state index contributed by atoms with van der Waals surface area (Å²) in [6, 6.07) is 22.8. The Bertz CT molecular complexity index is 1230. The summed E-state index contributed by atoms with van der Waals surface area (Å²) in [5.74, 6) is 0.841. The van der Waals surface area contributed by atoms with Gasteiger partial charge in [0.2, 0.25) is 0 Å². The average Bonchev–Trinajstić information content (AvgIpc) is 2.74. The number of fused-ring (bicyclic) bond motifs is 1. The molecule has 3 aromatic carbocycles. The number of rotatable bonds is 5. The molecule has 0 bridgehead atoms. The zero-order valence-electron chi connectivity index (χ0n) is 15.6. The fourth-order valence-electron chi connectivity index (χ4n) is 3.20. The quantitative estimate of drug-likeness (QED) is 0.392. The van der Waals surface area contributed by atoms with Gasteiger partial charge in [-0.3, -0.25) is 9.36 Å². The second-order valence-electron chi connectivity index (χ2n) is 6.75. The van der Waals surface area contributed by atoms with Gasteiger partial charge in [-0.05, 0) is 76.5 Å². The van der Waals surface area contributed by atoms with E-state index in [1.807, 2.05) is 60.7 Å². The normalized spacial score (nSPS) is 11.3. The largest absolute Gasteiger partial charge is 0.508 e. The standard InChI is InChI=1S/C24H19IN2O2/c25-19-9-12-22-21(16-19)24(29)27(15-14-17-4-2-1-3-5-17)23(26-22)13-8-18-6-10-20(28)11-7-18/h1-13,16,28H,14-15H2. The van der Waals surface area contributed by atoms with Crippen LogP contribution in [-0.4, -0.2) is 14.7 Å². The van der Waals surface area contributed by atoms with Crippen LogP contribution in [-0.2, 0) is 13.0 Å². The number of phenolic OH excluding ortho intramolecular Hbond substituents is 1. The van der Waals surface area contributed by atoms with Crippen molar-refractivity contribution < 1.29 is 5.11 Å². The van der Waals surface area contributed by atoms with E-state index in [4.69, 9.17) is 4.98 Å². The number of hydrogen-bond donors (Lipinski definition) is 1. The summed E-state index contributed by atoms with van der Waals surface area (Å²) in [6.07, 6.45) is 4.51. The Labute approximate surface area is 182 Å². The lowest BCUT2D eigenvalue weighted by atomic mass is 10.1. The van der Waals surface area contributed by atoms with Gasteiger partial charge < -0.3 is 5.11 Å². The van der Waals surface area contributed by atoms with Crippen molar-refractivity contribution in [1.82, 2.24) is 9.55 Å². The van der Waals surface area contributed by atoms with E-state index in [0.717, 1.165) is 15.6 Å². The molecule has 0 spiro atoms. The minimum atomic E-state index is -0.0326. The molecule has 0 aliphatic rings. The third-order valence-electron chi connectivity index (χ3n) is 4.73. The van der Waals surface area contributed by atoms with Crippen molar-refractivity contribution in [2.24, 2.45) is 0 Å². The Kier molecular flexibility index (Phi) is 5.76. The van der Waals surface area contributed by atoms with Gasteiger partial charge in [0.25, 0.3) is 5.56 Å². The van der Waals surface area contributed by atoms with Crippen molar-refractivity contribution in [1.29, 1.82) is 0 Å². The molecule has 0 unspecified atom stereocenters. The lowest BCUT2D eigenvalue weighted by Gasteiger charge is -2.12. The molecule has 0 saturated carbocycles. The van der Waals surface area contributed by atoms with E-state index in [1.54, 1.807) is 16.7 Å². The van der Waals surface area contributed by atoms with Crippen molar-refractivity contribution >= 4 is 45.6 Å². The predicted octanol–water partition coefficient (Wildman–Crippen LogP) is 5.12. The molecule has 4 aromatic rings. The Morgan fingerprint density at radius 3 is 2.48 bits per heavy atom. The molecule has 29 heavy (non-hydrogen) atoms. The molecule has 0 fully saturated rings. The Balaban J connectivity index is 1.76. The monoisotopic (exact) mass is 494 g/mol. The molecule has 0 aliphatic carbocycles. The zero-order valence-corrected chi connectivity index (χ0v) is 17.8. The minimum absolute atomic E-state index is 0.0326. The number of hydrogen-bond acceptors (Lipinski definition) is 3. The van der Waals surface area contributed by atoms with E-state index in [2.05, 4.69) is 34.7 Å². The van der Waals surface area contributed by atoms with Crippen LogP contribution in [0.4, 0.5) is 0 Å². The van der Waals surface area contributed by atoms with Crippen LogP contribution in [0.1, 0.15) is 17.0 Å². The first-order valence-electron chi connectivity index (χ1n) is 9.31. The SMILES string of the molecule is O=c1c2cc(I)ccc2nc(C=Cc2ccc(O)cc2)n1CCc1ccccc1. The predicted molar refractivity (Wildman–Crippen MR) is 126 cm³/mol. The van der Waals surface area contributed by atoms with Gasteiger partial charge in [-0.1, -0.05) is 48.5 Å². The topological polar surface area (TPSA) is 55.1 Å². The van der Waals surface area contributed by atoms with Gasteiger partial charge in [0, 0.05) is 10.1 Å². The van der Waals surface area contributed by atoms with Crippen molar-refractivity contribution in [3.63, 3.8) is 0 Å². The fourth-order valence-corrected chi connectivity index (χ4v) is 3.69. The van der Waals surface area contributed by atoms with Gasteiger partial charge >= 0.3 is 0 Å². The van der Waals surface area contributed by atoms with Gasteiger partial charge in [0.1, 0.15) is 11.6 Å². The highest BCUT2D eigenvalue weighted by atomic mass is 127. The number of halogens is 1. The highest BCUT2D eigenvalue weighted by molar-refractivity contribution is 14.1. The fraction of sp³-hybridized carbons (Fsp3) is 0.0833. The van der Waals surface area contributed by atoms with E-state index < -0.39 is 0 Å². The van der Waals surface area contributed by atoms with Crippen molar-refractivity contribution in [3.05, 3.63) is 104 Å². The van der Waals surface area contributed by atoms with Crippen LogP contribution >= 0.6 is 22.6 Å². The Morgan fingerprint density at radius 1 is 0.966 bits per heavy atom. The van der Waals surface area contributed by atoms with Gasteiger partial charge in [-0.2, -0.15) is 0 Å². The maximum absolute atomic E-state index is 13.2. The van der Waals surface area contributed by atoms with Gasteiger partial charge in [0.05, 0.1) is 10.9 Å². The maximum Gasteiger partial charge on any atom is 0.261 e. The lowest BCUT2D eigenvalue weighted by molar-refractivity contribution is 0.475. The summed E-state index contributed by atoms with van der Waals surface area (Å²) in [6.45, 7) is 0.548. The highest BCUT2D eigenvalue weighted by Crippen LogP contribution is 2.16. The summed E-state index contributed by atoms with van der Waals surface area (Å²) < 4.78 is 2.75. The van der Waals surface area contributed by atoms with E-state index in [9.17, 15) is 9.90 Å². The molecule has 0 aliphatic heterocycles. The summed E-state index contributed by atoms with van der Waals surface area (Å²) in [4.78, 5) is 18.0.